The van der Waals surface area contributed by atoms with E-state index >= 15 is 0 Å². The van der Waals surface area contributed by atoms with Crippen molar-refractivity contribution in [2.45, 2.75) is 33.9 Å². The number of hydrogen-bond acceptors (Lipinski definition) is 3. The van der Waals surface area contributed by atoms with E-state index < -0.39 is 0 Å². The highest BCUT2D eigenvalue weighted by atomic mass is 32.1. The number of pyridine rings is 1. The van der Waals surface area contributed by atoms with Gasteiger partial charge in [-0.15, -0.1) is 11.3 Å². The normalized spacial score (nSPS) is 11.0. The zero-order chi connectivity index (χ0) is 17.3. The van der Waals surface area contributed by atoms with Gasteiger partial charge in [-0.3, -0.25) is 9.59 Å². The molecule has 2 aromatic heterocycles. The van der Waals surface area contributed by atoms with Crippen molar-refractivity contribution in [1.29, 1.82) is 0 Å². The summed E-state index contributed by atoms with van der Waals surface area (Å²) in [5.41, 5.74) is 3.55. The molecule has 24 heavy (non-hydrogen) atoms. The molecule has 5 heteroatoms. The monoisotopic (exact) mass is 340 g/mol. The number of hydrogen-bond donors (Lipinski definition) is 1. The second-order valence-corrected chi connectivity index (χ2v) is 7.16. The maximum Gasteiger partial charge on any atom is 0.253 e. The van der Waals surface area contributed by atoms with Gasteiger partial charge in [0, 0.05) is 17.4 Å². The Morgan fingerprint density at radius 1 is 1.21 bits per heavy atom. The fourth-order valence-corrected chi connectivity index (χ4v) is 3.64. The van der Waals surface area contributed by atoms with E-state index in [1.807, 2.05) is 37.4 Å². The second-order valence-electron chi connectivity index (χ2n) is 6.12. The molecule has 0 saturated heterocycles. The molecule has 1 amide bonds. The summed E-state index contributed by atoms with van der Waals surface area (Å²) in [7, 11) is 0. The van der Waals surface area contributed by atoms with Crippen molar-refractivity contribution in [3.8, 4) is 0 Å². The molecule has 0 bridgehead atoms. The van der Waals surface area contributed by atoms with Gasteiger partial charge in [-0.1, -0.05) is 17.7 Å². The van der Waals surface area contributed by atoms with Crippen LogP contribution >= 0.6 is 11.3 Å². The number of aromatic nitrogens is 1. The molecule has 0 aliphatic heterocycles. The highest BCUT2D eigenvalue weighted by molar-refractivity contribution is 7.09. The Morgan fingerprint density at radius 3 is 2.67 bits per heavy atom. The number of H-pyrrole nitrogens is 1. The zero-order valence-corrected chi connectivity index (χ0v) is 14.9. The molecule has 0 aliphatic carbocycles. The molecule has 4 nitrogen and oxygen atoms in total. The number of amides is 1. The van der Waals surface area contributed by atoms with Crippen molar-refractivity contribution in [2.75, 3.05) is 0 Å². The number of nitrogens with zero attached hydrogens (tertiary/aromatic N) is 1. The van der Waals surface area contributed by atoms with E-state index in [9.17, 15) is 9.59 Å². The van der Waals surface area contributed by atoms with Crippen molar-refractivity contribution in [1.82, 2.24) is 9.88 Å². The number of carbonyl (C=O) groups excluding carboxylic acids is 1. The lowest BCUT2D eigenvalue weighted by atomic mass is 10.1. The van der Waals surface area contributed by atoms with Gasteiger partial charge in [-0.25, -0.2) is 0 Å². The molecular weight excluding hydrogens is 320 g/mol. The standard InChI is InChI=1S/C19H20N2O2S/c1-12-7-13(2)18-15(8-12)9-16(19(23)20-18)10-21(14(3)22)11-17-5-4-6-24-17/h4-9H,10-11H2,1-3H3,(H,20,23). The van der Waals surface area contributed by atoms with Crippen LogP contribution < -0.4 is 5.56 Å². The van der Waals surface area contributed by atoms with Crippen molar-refractivity contribution < 1.29 is 4.79 Å². The fourth-order valence-electron chi connectivity index (χ4n) is 2.92. The molecule has 0 aliphatic rings. The molecule has 0 radical (unpaired) electrons. The molecule has 3 rings (SSSR count). The first-order chi connectivity index (χ1) is 11.4. The molecule has 0 atom stereocenters. The number of benzene rings is 1. The summed E-state index contributed by atoms with van der Waals surface area (Å²) in [6, 6.07) is 9.97. The first kappa shape index (κ1) is 16.5. The van der Waals surface area contributed by atoms with Gasteiger partial charge >= 0.3 is 0 Å². The van der Waals surface area contributed by atoms with Gasteiger partial charge in [0.2, 0.25) is 5.91 Å². The molecule has 124 valence electrons. The Morgan fingerprint density at radius 2 is 2.00 bits per heavy atom. The van der Waals surface area contributed by atoms with Crippen LogP contribution in [0.3, 0.4) is 0 Å². The topological polar surface area (TPSA) is 53.2 Å². The molecule has 1 N–H and O–H groups in total. The minimum atomic E-state index is -0.133. The smallest absolute Gasteiger partial charge is 0.253 e. The molecular formula is C19H20N2O2S. The van der Waals surface area contributed by atoms with E-state index in [4.69, 9.17) is 0 Å². The Hall–Kier alpha value is -2.40. The third-order valence-corrected chi connectivity index (χ3v) is 4.96. The summed E-state index contributed by atoms with van der Waals surface area (Å²) in [5, 5.41) is 2.99. The average molecular weight is 340 g/mol. The van der Waals surface area contributed by atoms with E-state index in [1.165, 1.54) is 6.92 Å². The van der Waals surface area contributed by atoms with E-state index in [0.29, 0.717) is 18.7 Å². The van der Waals surface area contributed by atoms with Gasteiger partial charge in [0.05, 0.1) is 18.6 Å². The van der Waals surface area contributed by atoms with E-state index in [2.05, 4.69) is 17.1 Å². The maximum absolute atomic E-state index is 12.4. The molecule has 3 aromatic rings. The molecule has 0 saturated carbocycles. The van der Waals surface area contributed by atoms with Crippen LogP contribution in [0.25, 0.3) is 10.9 Å². The van der Waals surface area contributed by atoms with Gasteiger partial charge in [-0.05, 0) is 48.4 Å². The number of aryl methyl sites for hydroxylation is 2. The molecule has 0 spiro atoms. The van der Waals surface area contributed by atoms with Crippen molar-refractivity contribution in [2.24, 2.45) is 0 Å². The molecule has 0 unspecified atom stereocenters. The van der Waals surface area contributed by atoms with Crippen LogP contribution in [0.1, 0.15) is 28.5 Å². The van der Waals surface area contributed by atoms with Gasteiger partial charge < -0.3 is 9.88 Å². The minimum Gasteiger partial charge on any atom is -0.333 e. The SMILES string of the molecule is CC(=O)N(Cc1cccs1)Cc1cc2cc(C)cc(C)c2[nH]c1=O. The first-order valence-electron chi connectivity index (χ1n) is 7.85. The number of fused-ring (bicyclic) bond motifs is 1. The van der Waals surface area contributed by atoms with Crippen LogP contribution in [0.15, 0.2) is 40.5 Å². The molecule has 2 heterocycles. The number of rotatable bonds is 4. The van der Waals surface area contributed by atoms with Crippen LogP contribution in [0.2, 0.25) is 0 Å². The fraction of sp³-hybridized carbons (Fsp3) is 0.263. The Labute approximate surface area is 144 Å². The molecule has 0 fully saturated rings. The Bertz CT molecular complexity index is 942. The van der Waals surface area contributed by atoms with Crippen LogP contribution in [0.4, 0.5) is 0 Å². The number of nitrogens with one attached hydrogen (secondary N) is 1. The predicted octanol–water partition coefficient (Wildman–Crippen LogP) is 3.76. The average Bonchev–Trinajstić information content (AvgIpc) is 3.01. The highest BCUT2D eigenvalue weighted by Gasteiger charge is 2.14. The summed E-state index contributed by atoms with van der Waals surface area (Å²) in [6.45, 7) is 6.40. The van der Waals surface area contributed by atoms with Crippen LogP contribution in [-0.4, -0.2) is 15.8 Å². The maximum atomic E-state index is 12.4. The van der Waals surface area contributed by atoms with Gasteiger partial charge in [0.25, 0.3) is 5.56 Å². The van der Waals surface area contributed by atoms with E-state index in [-0.39, 0.29) is 11.5 Å². The lowest BCUT2D eigenvalue weighted by Crippen LogP contribution is -2.30. The third kappa shape index (κ3) is 3.41. The Balaban J connectivity index is 1.97. The van der Waals surface area contributed by atoms with Gasteiger partial charge in [0.1, 0.15) is 0 Å². The third-order valence-electron chi connectivity index (χ3n) is 4.10. The summed E-state index contributed by atoms with van der Waals surface area (Å²) in [4.78, 5) is 30.2. The van der Waals surface area contributed by atoms with Crippen LogP contribution in [0, 0.1) is 13.8 Å². The zero-order valence-electron chi connectivity index (χ0n) is 14.1. The summed E-state index contributed by atoms with van der Waals surface area (Å²) >= 11 is 1.61. The molecule has 1 aromatic carbocycles. The summed E-state index contributed by atoms with van der Waals surface area (Å²) in [5.74, 6) is -0.0386. The lowest BCUT2D eigenvalue weighted by molar-refractivity contribution is -0.130. The first-order valence-corrected chi connectivity index (χ1v) is 8.73. The number of aromatic amines is 1. The number of carbonyl (C=O) groups is 1. The van der Waals surface area contributed by atoms with Gasteiger partial charge in [0.15, 0.2) is 0 Å². The quantitative estimate of drug-likeness (QED) is 0.786. The Kier molecular flexibility index (Phi) is 4.53. The highest BCUT2D eigenvalue weighted by Crippen LogP contribution is 2.19. The van der Waals surface area contributed by atoms with E-state index in [1.54, 1.807) is 16.2 Å². The predicted molar refractivity (Wildman–Crippen MR) is 98.3 cm³/mol. The summed E-state index contributed by atoms with van der Waals surface area (Å²) < 4.78 is 0. The van der Waals surface area contributed by atoms with Gasteiger partial charge in [-0.2, -0.15) is 0 Å². The van der Waals surface area contributed by atoms with Crippen LogP contribution in [0.5, 0.6) is 0 Å². The lowest BCUT2D eigenvalue weighted by Gasteiger charge is -2.20. The second kappa shape index (κ2) is 6.61. The number of thiophene rings is 1. The largest absolute Gasteiger partial charge is 0.333 e. The van der Waals surface area contributed by atoms with Crippen molar-refractivity contribution >= 4 is 28.1 Å². The summed E-state index contributed by atoms with van der Waals surface area (Å²) in [6.07, 6.45) is 0. The van der Waals surface area contributed by atoms with Crippen molar-refractivity contribution in [3.63, 3.8) is 0 Å². The van der Waals surface area contributed by atoms with Crippen molar-refractivity contribution in [3.05, 3.63) is 67.6 Å². The minimum absolute atomic E-state index is 0.0386. The van der Waals surface area contributed by atoms with E-state index in [0.717, 1.165) is 26.9 Å². The van der Waals surface area contributed by atoms with Crippen LogP contribution in [-0.2, 0) is 17.9 Å².